The van der Waals surface area contributed by atoms with Crippen molar-refractivity contribution in [1.82, 2.24) is 10.2 Å². The number of unbranched alkanes of at least 4 members (excludes halogenated alkanes) is 2. The van der Waals surface area contributed by atoms with E-state index in [1.165, 1.54) is 0 Å². The lowest BCUT2D eigenvalue weighted by Crippen LogP contribution is -2.54. The van der Waals surface area contributed by atoms with Gasteiger partial charge >= 0.3 is 0 Å². The summed E-state index contributed by atoms with van der Waals surface area (Å²) < 4.78 is 0. The minimum Gasteiger partial charge on any atom is -0.394 e. The summed E-state index contributed by atoms with van der Waals surface area (Å²) in [7, 11) is 1.87. The van der Waals surface area contributed by atoms with Gasteiger partial charge in [0.25, 0.3) is 0 Å². The average Bonchev–Trinajstić information content (AvgIpc) is 2.32. The summed E-state index contributed by atoms with van der Waals surface area (Å²) in [5, 5.41) is 12.2. The highest BCUT2D eigenvalue weighted by atomic mass is 16.3. The molecule has 4 nitrogen and oxygen atoms in total. The van der Waals surface area contributed by atoms with Gasteiger partial charge in [-0.25, -0.2) is 0 Å². The summed E-state index contributed by atoms with van der Waals surface area (Å²) in [5.41, 5.74) is -0.375. The van der Waals surface area contributed by atoms with E-state index in [2.05, 4.69) is 12.2 Å². The van der Waals surface area contributed by atoms with E-state index in [4.69, 9.17) is 0 Å². The van der Waals surface area contributed by atoms with Gasteiger partial charge in [-0.1, -0.05) is 19.8 Å². The second kappa shape index (κ2) is 7.67. The molecule has 0 rings (SSSR count). The number of nitrogens with one attached hydrogen (secondary N) is 1. The van der Waals surface area contributed by atoms with Crippen LogP contribution in [0.1, 0.15) is 47.0 Å². The molecule has 0 aromatic heterocycles. The number of aliphatic hydroxyl groups is 1. The molecule has 1 amide bonds. The number of carbonyl (C=O) groups excluding carboxylic acids is 1. The fourth-order valence-corrected chi connectivity index (χ4v) is 1.55. The number of hydrogen-bond donors (Lipinski definition) is 2. The van der Waals surface area contributed by atoms with Gasteiger partial charge in [0.2, 0.25) is 5.91 Å². The smallest absolute Gasteiger partial charge is 0.237 e. The molecule has 0 radical (unpaired) electrons. The lowest BCUT2D eigenvalue weighted by molar-refractivity contribution is -0.127. The highest BCUT2D eigenvalue weighted by Gasteiger charge is 2.29. The van der Waals surface area contributed by atoms with Crippen LogP contribution < -0.4 is 5.32 Å². The van der Waals surface area contributed by atoms with Crippen LogP contribution in [0.2, 0.25) is 0 Å². The van der Waals surface area contributed by atoms with Crippen molar-refractivity contribution in [2.24, 2.45) is 0 Å². The predicted octanol–water partition coefficient (Wildman–Crippen LogP) is 1.38. The Morgan fingerprint density at radius 3 is 2.47 bits per heavy atom. The molecule has 0 aliphatic carbocycles. The van der Waals surface area contributed by atoms with Crippen molar-refractivity contribution in [3.63, 3.8) is 0 Å². The molecule has 0 aromatic rings. The zero-order valence-corrected chi connectivity index (χ0v) is 11.9. The monoisotopic (exact) mass is 244 g/mol. The van der Waals surface area contributed by atoms with Gasteiger partial charge in [-0.2, -0.15) is 0 Å². The van der Waals surface area contributed by atoms with Gasteiger partial charge in [-0.3, -0.25) is 9.69 Å². The topological polar surface area (TPSA) is 52.6 Å². The zero-order valence-electron chi connectivity index (χ0n) is 11.9. The van der Waals surface area contributed by atoms with E-state index in [9.17, 15) is 9.90 Å². The number of carbonyl (C=O) groups is 1. The maximum atomic E-state index is 11.9. The first kappa shape index (κ1) is 16.4. The second-order valence-corrected chi connectivity index (χ2v) is 5.26. The van der Waals surface area contributed by atoms with Crippen LogP contribution in [0.25, 0.3) is 0 Å². The molecule has 4 heteroatoms. The molecule has 1 atom stereocenters. The van der Waals surface area contributed by atoms with Gasteiger partial charge in [-0.05, 0) is 34.2 Å². The Morgan fingerprint density at radius 1 is 1.41 bits per heavy atom. The molecular formula is C13H28N2O2. The third kappa shape index (κ3) is 5.50. The molecule has 0 aliphatic heterocycles. The van der Waals surface area contributed by atoms with Crippen LogP contribution in [0.15, 0.2) is 0 Å². The van der Waals surface area contributed by atoms with Gasteiger partial charge in [-0.15, -0.1) is 0 Å². The van der Waals surface area contributed by atoms with E-state index in [0.717, 1.165) is 25.8 Å². The van der Waals surface area contributed by atoms with E-state index in [-0.39, 0.29) is 24.1 Å². The molecule has 17 heavy (non-hydrogen) atoms. The number of rotatable bonds is 8. The van der Waals surface area contributed by atoms with E-state index >= 15 is 0 Å². The molecule has 2 N–H and O–H groups in total. The van der Waals surface area contributed by atoms with Crippen LogP contribution in [-0.4, -0.2) is 47.7 Å². The summed E-state index contributed by atoms with van der Waals surface area (Å²) in [6.07, 6.45) is 3.33. The lowest BCUT2D eigenvalue weighted by Gasteiger charge is -2.37. The molecule has 0 aromatic carbocycles. The molecule has 102 valence electrons. The normalized spacial score (nSPS) is 13.8. The van der Waals surface area contributed by atoms with Crippen molar-refractivity contribution >= 4 is 5.91 Å². The number of aliphatic hydroxyl groups excluding tert-OH is 1. The summed E-state index contributed by atoms with van der Waals surface area (Å²) >= 11 is 0. The summed E-state index contributed by atoms with van der Waals surface area (Å²) in [4.78, 5) is 13.8. The van der Waals surface area contributed by atoms with Gasteiger partial charge in [0.05, 0.1) is 12.6 Å². The Kier molecular flexibility index (Phi) is 7.39. The third-order valence-electron chi connectivity index (χ3n) is 3.38. The van der Waals surface area contributed by atoms with Crippen LogP contribution in [0.3, 0.4) is 0 Å². The van der Waals surface area contributed by atoms with Crippen LogP contribution in [0.5, 0.6) is 0 Å². The molecule has 1 unspecified atom stereocenters. The Labute approximate surface area is 105 Å². The van der Waals surface area contributed by atoms with E-state index in [1.807, 2.05) is 32.7 Å². The Hall–Kier alpha value is -0.610. The third-order valence-corrected chi connectivity index (χ3v) is 3.38. The number of nitrogens with zero attached hydrogens (tertiary/aromatic N) is 1. The fraction of sp³-hybridized carbons (Fsp3) is 0.923. The van der Waals surface area contributed by atoms with Crippen molar-refractivity contribution < 1.29 is 9.90 Å². The number of hydrogen-bond acceptors (Lipinski definition) is 3. The second-order valence-electron chi connectivity index (χ2n) is 5.26. The fourth-order valence-electron chi connectivity index (χ4n) is 1.55. The minimum atomic E-state index is -0.375. The van der Waals surface area contributed by atoms with E-state index in [0.29, 0.717) is 0 Å². The average molecular weight is 244 g/mol. The molecule has 0 fully saturated rings. The maximum Gasteiger partial charge on any atom is 0.237 e. The summed E-state index contributed by atoms with van der Waals surface area (Å²) in [5.74, 6) is 0.0325. The molecular weight excluding hydrogens is 216 g/mol. The van der Waals surface area contributed by atoms with Crippen molar-refractivity contribution in [1.29, 1.82) is 0 Å². The van der Waals surface area contributed by atoms with Gasteiger partial charge < -0.3 is 10.4 Å². The highest BCUT2D eigenvalue weighted by Crippen LogP contribution is 2.14. The quantitative estimate of drug-likeness (QED) is 0.634. The van der Waals surface area contributed by atoms with Gasteiger partial charge in [0.15, 0.2) is 0 Å². The molecule has 0 bridgehead atoms. The first-order chi connectivity index (χ1) is 7.86. The highest BCUT2D eigenvalue weighted by molar-refractivity contribution is 5.81. The first-order valence-electron chi connectivity index (χ1n) is 6.48. The standard InChI is InChI=1S/C13H28N2O2/c1-6-7-8-9-14-12(17)11(2)15(5)13(3,4)10-16/h11,16H,6-10H2,1-5H3,(H,14,17). The zero-order chi connectivity index (χ0) is 13.5. The summed E-state index contributed by atoms with van der Waals surface area (Å²) in [6, 6.07) is -0.223. The van der Waals surface area contributed by atoms with Gasteiger partial charge in [0.1, 0.15) is 0 Å². The molecule has 0 saturated carbocycles. The molecule has 0 saturated heterocycles. The maximum absolute atomic E-state index is 11.9. The molecule has 0 aliphatic rings. The molecule has 0 spiro atoms. The van der Waals surface area contributed by atoms with Gasteiger partial charge in [0, 0.05) is 12.1 Å². The van der Waals surface area contributed by atoms with Crippen LogP contribution in [-0.2, 0) is 4.79 Å². The van der Waals surface area contributed by atoms with E-state index < -0.39 is 0 Å². The van der Waals surface area contributed by atoms with Crippen molar-refractivity contribution in [2.45, 2.75) is 58.5 Å². The largest absolute Gasteiger partial charge is 0.394 e. The SMILES string of the molecule is CCCCCNC(=O)C(C)N(C)C(C)(C)CO. The first-order valence-corrected chi connectivity index (χ1v) is 6.48. The van der Waals surface area contributed by atoms with Crippen molar-refractivity contribution in [3.8, 4) is 0 Å². The predicted molar refractivity (Wildman–Crippen MR) is 70.9 cm³/mol. The van der Waals surface area contributed by atoms with Crippen molar-refractivity contribution in [3.05, 3.63) is 0 Å². The lowest BCUT2D eigenvalue weighted by atomic mass is 10.0. The Balaban J connectivity index is 4.12. The summed E-state index contributed by atoms with van der Waals surface area (Å²) in [6.45, 7) is 8.64. The number of amides is 1. The van der Waals surface area contributed by atoms with Crippen LogP contribution >= 0.6 is 0 Å². The Morgan fingerprint density at radius 2 is 2.00 bits per heavy atom. The van der Waals surface area contributed by atoms with Crippen LogP contribution in [0, 0.1) is 0 Å². The number of likely N-dealkylation sites (N-methyl/N-ethyl adjacent to an activating group) is 1. The van der Waals surface area contributed by atoms with Crippen LogP contribution in [0.4, 0.5) is 0 Å². The van der Waals surface area contributed by atoms with Crippen molar-refractivity contribution in [2.75, 3.05) is 20.2 Å². The van der Waals surface area contributed by atoms with E-state index in [1.54, 1.807) is 0 Å². The Bertz CT molecular complexity index is 229. The molecule has 0 heterocycles. The minimum absolute atomic E-state index is 0.0325.